The summed E-state index contributed by atoms with van der Waals surface area (Å²) in [6, 6.07) is 6.80. The highest BCUT2D eigenvalue weighted by atomic mass is 19.1. The lowest BCUT2D eigenvalue weighted by Gasteiger charge is -2.14. The molecule has 5 heteroatoms. The molecule has 0 unspecified atom stereocenters. The molecule has 0 spiro atoms. The second kappa shape index (κ2) is 5.09. The van der Waals surface area contributed by atoms with Gasteiger partial charge in [0.2, 0.25) is 0 Å². The van der Waals surface area contributed by atoms with Crippen molar-refractivity contribution in [1.29, 1.82) is 0 Å². The number of nitrogens with two attached hydrogens (primary N) is 1. The van der Waals surface area contributed by atoms with Gasteiger partial charge >= 0.3 is 0 Å². The Labute approximate surface area is 127 Å². The molecule has 22 heavy (non-hydrogen) atoms. The molecule has 2 heterocycles. The first-order valence-electron chi connectivity index (χ1n) is 7.66. The Morgan fingerprint density at radius 2 is 1.82 bits per heavy atom. The number of aromatic nitrogens is 3. The van der Waals surface area contributed by atoms with Crippen LogP contribution in [-0.2, 0) is 12.8 Å². The van der Waals surface area contributed by atoms with E-state index in [0.717, 1.165) is 42.3 Å². The molecule has 0 atom stereocenters. The van der Waals surface area contributed by atoms with Crippen LogP contribution in [0.4, 0.5) is 10.2 Å². The van der Waals surface area contributed by atoms with Crippen molar-refractivity contribution in [2.45, 2.75) is 32.1 Å². The molecular weight excluding hydrogens is 279 g/mol. The number of hydrogen-bond donors (Lipinski definition) is 2. The van der Waals surface area contributed by atoms with E-state index in [0.29, 0.717) is 17.0 Å². The molecule has 0 saturated carbocycles. The van der Waals surface area contributed by atoms with E-state index in [-0.39, 0.29) is 5.82 Å². The van der Waals surface area contributed by atoms with E-state index in [9.17, 15) is 4.39 Å². The number of rotatable bonds is 1. The van der Waals surface area contributed by atoms with Crippen LogP contribution >= 0.6 is 0 Å². The number of benzene rings is 1. The molecule has 0 bridgehead atoms. The third kappa shape index (κ3) is 1.96. The maximum absolute atomic E-state index is 14.3. The Morgan fingerprint density at radius 1 is 1.05 bits per heavy atom. The number of aromatic amines is 1. The Morgan fingerprint density at radius 3 is 2.64 bits per heavy atom. The Hall–Kier alpha value is -2.43. The van der Waals surface area contributed by atoms with Gasteiger partial charge in [0.05, 0.1) is 11.1 Å². The van der Waals surface area contributed by atoms with E-state index in [1.165, 1.54) is 18.1 Å². The summed E-state index contributed by atoms with van der Waals surface area (Å²) in [5.74, 6) is 0.244. The third-order valence-corrected chi connectivity index (χ3v) is 4.43. The molecule has 3 aromatic rings. The Balaban J connectivity index is 2.07. The van der Waals surface area contributed by atoms with E-state index in [2.05, 4.69) is 15.2 Å². The van der Waals surface area contributed by atoms with Crippen LogP contribution in [0.15, 0.2) is 24.3 Å². The molecule has 0 saturated heterocycles. The number of halogens is 1. The lowest BCUT2D eigenvalue weighted by molar-refractivity contribution is 0.630. The zero-order valence-electron chi connectivity index (χ0n) is 12.2. The van der Waals surface area contributed by atoms with Crippen LogP contribution in [-0.4, -0.2) is 15.2 Å². The molecule has 1 aliphatic rings. The van der Waals surface area contributed by atoms with Gasteiger partial charge in [-0.1, -0.05) is 18.6 Å². The van der Waals surface area contributed by atoms with Crippen molar-refractivity contribution in [1.82, 2.24) is 15.2 Å². The molecule has 4 nitrogen and oxygen atoms in total. The van der Waals surface area contributed by atoms with Crippen molar-refractivity contribution in [3.8, 4) is 11.3 Å². The number of aryl methyl sites for hydroxylation is 1. The number of fused-ring (bicyclic) bond motifs is 3. The fourth-order valence-corrected chi connectivity index (χ4v) is 3.40. The first kappa shape index (κ1) is 13.2. The van der Waals surface area contributed by atoms with Crippen LogP contribution in [0.2, 0.25) is 0 Å². The molecule has 2 aromatic heterocycles. The number of H-pyrrole nitrogens is 1. The first-order chi connectivity index (χ1) is 10.8. The topological polar surface area (TPSA) is 67.6 Å². The van der Waals surface area contributed by atoms with Gasteiger partial charge in [0.15, 0.2) is 11.5 Å². The fraction of sp³-hybridized carbons (Fsp3) is 0.294. The van der Waals surface area contributed by atoms with Crippen molar-refractivity contribution in [2.24, 2.45) is 0 Å². The van der Waals surface area contributed by atoms with Crippen molar-refractivity contribution in [3.63, 3.8) is 0 Å². The van der Waals surface area contributed by atoms with Crippen LogP contribution in [0.5, 0.6) is 0 Å². The van der Waals surface area contributed by atoms with Gasteiger partial charge in [0, 0.05) is 5.56 Å². The van der Waals surface area contributed by atoms with Crippen molar-refractivity contribution in [2.75, 3.05) is 5.73 Å². The molecule has 0 radical (unpaired) electrons. The Kier molecular flexibility index (Phi) is 3.06. The summed E-state index contributed by atoms with van der Waals surface area (Å²) in [5, 5.41) is 7.88. The summed E-state index contributed by atoms with van der Waals surface area (Å²) in [7, 11) is 0. The summed E-state index contributed by atoms with van der Waals surface area (Å²) >= 11 is 0. The summed E-state index contributed by atoms with van der Waals surface area (Å²) < 4.78 is 14.3. The van der Waals surface area contributed by atoms with Gasteiger partial charge < -0.3 is 5.73 Å². The zero-order valence-corrected chi connectivity index (χ0v) is 12.2. The van der Waals surface area contributed by atoms with Crippen LogP contribution in [0, 0.1) is 5.82 Å². The average molecular weight is 296 g/mol. The molecule has 0 aliphatic heterocycles. The molecule has 112 valence electrons. The quantitative estimate of drug-likeness (QED) is 0.674. The molecule has 1 aliphatic carbocycles. The number of nitrogen functional groups attached to an aromatic ring is 1. The van der Waals surface area contributed by atoms with E-state index in [1.807, 2.05) is 6.07 Å². The van der Waals surface area contributed by atoms with Crippen molar-refractivity contribution < 1.29 is 4.39 Å². The predicted molar refractivity (Wildman–Crippen MR) is 85.0 cm³/mol. The summed E-state index contributed by atoms with van der Waals surface area (Å²) in [6.45, 7) is 0. The Bertz CT molecular complexity index is 853. The highest BCUT2D eigenvalue weighted by Crippen LogP contribution is 2.36. The largest absolute Gasteiger partial charge is 0.382 e. The standard InChI is InChI=1S/C17H17FN4/c18-13-9-5-4-8-12(13)15-11-7-3-1-2-6-10(11)14-16(19)21-22-17(14)20-15/h4-5,8-9H,1-3,6-7H2,(H3,19,20,21,22). The first-order valence-corrected chi connectivity index (χ1v) is 7.66. The molecule has 1 aromatic carbocycles. The van der Waals surface area contributed by atoms with Gasteiger partial charge in [0.1, 0.15) is 5.82 Å². The number of pyridine rings is 1. The van der Waals surface area contributed by atoms with E-state index >= 15 is 0 Å². The summed E-state index contributed by atoms with van der Waals surface area (Å²) in [5.41, 5.74) is 10.3. The number of nitrogens with zero attached hydrogens (tertiary/aromatic N) is 2. The minimum absolute atomic E-state index is 0.242. The normalized spacial score (nSPS) is 14.8. The second-order valence-electron chi connectivity index (χ2n) is 5.79. The lowest BCUT2D eigenvalue weighted by atomic mass is 9.95. The van der Waals surface area contributed by atoms with E-state index in [1.54, 1.807) is 12.1 Å². The minimum Gasteiger partial charge on any atom is -0.382 e. The van der Waals surface area contributed by atoms with Crippen LogP contribution in [0.3, 0.4) is 0 Å². The zero-order chi connectivity index (χ0) is 15.1. The average Bonchev–Trinajstić information content (AvgIpc) is 2.74. The smallest absolute Gasteiger partial charge is 0.158 e. The number of hydrogen-bond acceptors (Lipinski definition) is 3. The maximum atomic E-state index is 14.3. The second-order valence-corrected chi connectivity index (χ2v) is 5.79. The van der Waals surface area contributed by atoms with Crippen molar-refractivity contribution >= 4 is 16.9 Å². The molecule has 3 N–H and O–H groups in total. The molecule has 0 fully saturated rings. The van der Waals surface area contributed by atoms with E-state index < -0.39 is 0 Å². The van der Waals surface area contributed by atoms with Crippen LogP contribution < -0.4 is 5.73 Å². The number of nitrogens with one attached hydrogen (secondary N) is 1. The van der Waals surface area contributed by atoms with Crippen LogP contribution in [0.25, 0.3) is 22.3 Å². The monoisotopic (exact) mass is 296 g/mol. The lowest BCUT2D eigenvalue weighted by Crippen LogP contribution is -2.02. The molecular formula is C17H17FN4. The summed E-state index contributed by atoms with van der Waals surface area (Å²) in [6.07, 6.45) is 5.24. The fourth-order valence-electron chi connectivity index (χ4n) is 3.40. The van der Waals surface area contributed by atoms with Gasteiger partial charge in [-0.3, -0.25) is 5.10 Å². The highest BCUT2D eigenvalue weighted by molar-refractivity contribution is 5.92. The third-order valence-electron chi connectivity index (χ3n) is 4.43. The molecule has 4 rings (SSSR count). The minimum atomic E-state index is -0.242. The predicted octanol–water partition coefficient (Wildman–Crippen LogP) is 3.62. The van der Waals surface area contributed by atoms with Gasteiger partial charge in [-0.05, 0) is 48.9 Å². The van der Waals surface area contributed by atoms with E-state index in [4.69, 9.17) is 5.73 Å². The number of anilines is 1. The summed E-state index contributed by atoms with van der Waals surface area (Å²) in [4.78, 5) is 4.64. The maximum Gasteiger partial charge on any atom is 0.158 e. The van der Waals surface area contributed by atoms with Gasteiger partial charge in [-0.25, -0.2) is 9.37 Å². The van der Waals surface area contributed by atoms with Crippen molar-refractivity contribution in [3.05, 3.63) is 41.2 Å². The highest BCUT2D eigenvalue weighted by Gasteiger charge is 2.22. The molecule has 0 amide bonds. The van der Waals surface area contributed by atoms with Gasteiger partial charge in [-0.2, -0.15) is 5.10 Å². The van der Waals surface area contributed by atoms with Crippen LogP contribution in [0.1, 0.15) is 30.4 Å². The SMILES string of the molecule is Nc1n[nH]c2nc(-c3ccccc3F)c3c(c12)CCCCC3. The van der Waals surface area contributed by atoms with Gasteiger partial charge in [0.25, 0.3) is 0 Å². The van der Waals surface area contributed by atoms with Gasteiger partial charge in [-0.15, -0.1) is 0 Å².